The third kappa shape index (κ3) is 3.02. The molecule has 0 aliphatic carbocycles. The van der Waals surface area contributed by atoms with Crippen LogP contribution in [-0.4, -0.2) is 32.7 Å². The lowest BCUT2D eigenvalue weighted by atomic mass is 10.2. The van der Waals surface area contributed by atoms with Crippen molar-refractivity contribution in [3.8, 4) is 0 Å². The number of hydrazine groups is 1. The number of hydrogen-bond acceptors (Lipinski definition) is 6. The van der Waals surface area contributed by atoms with Crippen LogP contribution in [-0.2, 0) is 4.79 Å². The Morgan fingerprint density at radius 2 is 2.18 bits per heavy atom. The van der Waals surface area contributed by atoms with Crippen LogP contribution in [0.15, 0.2) is 29.3 Å². The molecule has 2 aromatic heterocycles. The van der Waals surface area contributed by atoms with Gasteiger partial charge in [0.25, 0.3) is 5.91 Å². The van der Waals surface area contributed by atoms with Crippen LogP contribution >= 0.6 is 23.6 Å². The van der Waals surface area contributed by atoms with Crippen molar-refractivity contribution in [1.82, 2.24) is 26.0 Å². The van der Waals surface area contributed by atoms with Crippen molar-refractivity contribution in [2.24, 2.45) is 10.7 Å². The number of H-pyrrole nitrogens is 1. The van der Waals surface area contributed by atoms with Crippen molar-refractivity contribution >= 4 is 55.8 Å². The summed E-state index contributed by atoms with van der Waals surface area (Å²) >= 11 is 5.91. The number of thiocarbonyl (C=S) groups is 1. The van der Waals surface area contributed by atoms with E-state index in [-0.39, 0.29) is 17.6 Å². The first kappa shape index (κ1) is 14.4. The summed E-state index contributed by atoms with van der Waals surface area (Å²) in [6, 6.07) is 7.83. The van der Waals surface area contributed by atoms with E-state index in [4.69, 9.17) is 5.73 Å². The molecule has 112 valence electrons. The van der Waals surface area contributed by atoms with E-state index in [0.717, 1.165) is 21.3 Å². The fourth-order valence-corrected chi connectivity index (χ4v) is 2.71. The summed E-state index contributed by atoms with van der Waals surface area (Å²) in [5.74, 6) is -0.376. The maximum absolute atomic E-state index is 11.5. The molecular weight excluding hydrogens is 322 g/mol. The van der Waals surface area contributed by atoms with Gasteiger partial charge in [0.05, 0.1) is 0 Å². The number of para-hydroxylation sites is 1. The molecule has 0 aliphatic heterocycles. The molecule has 0 radical (unpaired) electrons. The van der Waals surface area contributed by atoms with E-state index in [2.05, 4.69) is 43.2 Å². The highest BCUT2D eigenvalue weighted by Gasteiger charge is 2.06. The number of amides is 1. The molecule has 0 atom stereocenters. The topological polar surface area (TPSA) is 121 Å². The molecule has 1 aromatic carbocycles. The molecule has 0 spiro atoms. The van der Waals surface area contributed by atoms with Gasteiger partial charge >= 0.3 is 0 Å². The highest BCUT2D eigenvalue weighted by Crippen LogP contribution is 2.23. The van der Waals surface area contributed by atoms with Gasteiger partial charge in [0, 0.05) is 10.9 Å². The smallest absolute Gasteiger partial charge is 0.260 e. The Kier molecular flexibility index (Phi) is 3.94. The minimum atomic E-state index is -0.376. The van der Waals surface area contributed by atoms with Gasteiger partial charge in [-0.15, -0.1) is 10.2 Å². The number of carbonyl (C=O) groups excluding carboxylic acids is 1. The quantitative estimate of drug-likeness (QED) is 0.385. The maximum atomic E-state index is 11.5. The highest BCUT2D eigenvalue weighted by molar-refractivity contribution is 7.80. The van der Waals surface area contributed by atoms with Crippen molar-refractivity contribution in [1.29, 1.82) is 0 Å². The minimum absolute atomic E-state index is 0.0181. The van der Waals surface area contributed by atoms with Gasteiger partial charge in [0.2, 0.25) is 4.80 Å². The molecule has 1 amide bonds. The van der Waals surface area contributed by atoms with E-state index in [9.17, 15) is 4.79 Å². The van der Waals surface area contributed by atoms with Crippen LogP contribution in [0, 0.1) is 0 Å². The van der Waals surface area contributed by atoms with Crippen LogP contribution in [0.2, 0.25) is 0 Å². The van der Waals surface area contributed by atoms with Crippen LogP contribution in [0.4, 0.5) is 0 Å². The number of aromatic nitrogens is 3. The minimum Gasteiger partial charge on any atom is -0.375 e. The number of nitrogens with one attached hydrogen (secondary N) is 3. The Hall–Kier alpha value is -2.59. The summed E-state index contributed by atoms with van der Waals surface area (Å²) in [5.41, 5.74) is 11.6. The number of nitrogens with two attached hydrogens (primary N) is 1. The van der Waals surface area contributed by atoms with Crippen LogP contribution in [0.3, 0.4) is 0 Å². The lowest BCUT2D eigenvalue weighted by molar-refractivity contribution is -0.120. The highest BCUT2D eigenvalue weighted by atomic mass is 32.1. The Labute approximate surface area is 133 Å². The molecule has 5 N–H and O–H groups in total. The van der Waals surface area contributed by atoms with Crippen molar-refractivity contribution in [2.45, 2.75) is 0 Å². The van der Waals surface area contributed by atoms with Crippen LogP contribution in [0.25, 0.3) is 21.3 Å². The van der Waals surface area contributed by atoms with Gasteiger partial charge < -0.3 is 10.7 Å². The summed E-state index contributed by atoms with van der Waals surface area (Å²) in [6.07, 6.45) is 0. The number of fused-ring (bicyclic) bond motifs is 3. The third-order valence-corrected chi connectivity index (χ3v) is 3.75. The molecule has 0 bridgehead atoms. The van der Waals surface area contributed by atoms with Gasteiger partial charge in [-0.2, -0.15) is 0 Å². The van der Waals surface area contributed by atoms with Crippen LogP contribution < -0.4 is 21.4 Å². The lowest BCUT2D eigenvalue weighted by Crippen LogP contribution is -2.45. The zero-order valence-electron chi connectivity index (χ0n) is 11.2. The molecule has 0 aliphatic rings. The monoisotopic (exact) mass is 333 g/mol. The van der Waals surface area contributed by atoms with E-state index in [1.54, 1.807) is 0 Å². The van der Waals surface area contributed by atoms with E-state index >= 15 is 0 Å². The second-order valence-electron chi connectivity index (χ2n) is 4.29. The Morgan fingerprint density at radius 1 is 1.36 bits per heavy atom. The maximum Gasteiger partial charge on any atom is 0.260 e. The van der Waals surface area contributed by atoms with Gasteiger partial charge in [-0.1, -0.05) is 29.5 Å². The van der Waals surface area contributed by atoms with Crippen molar-refractivity contribution in [3.63, 3.8) is 0 Å². The number of aromatic amines is 1. The lowest BCUT2D eigenvalue weighted by Gasteiger charge is -2.03. The zero-order chi connectivity index (χ0) is 15.5. The molecule has 0 saturated heterocycles. The molecule has 3 aromatic rings. The van der Waals surface area contributed by atoms with Gasteiger partial charge in [0.15, 0.2) is 5.11 Å². The third-order valence-electron chi connectivity index (χ3n) is 2.76. The normalized spacial score (nSPS) is 11.7. The molecule has 2 heterocycles. The SMILES string of the molecule is NC(=S)NNC(=O)CN=c1nnc2c([nH]c3ccccc32)s1. The second-order valence-corrected chi connectivity index (χ2v) is 5.70. The fraction of sp³-hybridized carbons (Fsp3) is 0.0833. The largest absolute Gasteiger partial charge is 0.375 e. The summed E-state index contributed by atoms with van der Waals surface area (Å²) in [6.45, 7) is -0.105. The fourth-order valence-electron chi connectivity index (χ4n) is 1.85. The molecule has 22 heavy (non-hydrogen) atoms. The molecule has 0 fully saturated rings. The van der Waals surface area contributed by atoms with Crippen molar-refractivity contribution < 1.29 is 4.79 Å². The summed E-state index contributed by atoms with van der Waals surface area (Å²) in [5, 5.41) is 9.18. The van der Waals surface area contributed by atoms with E-state index in [0.29, 0.717) is 4.80 Å². The summed E-state index contributed by atoms with van der Waals surface area (Å²) in [7, 11) is 0. The van der Waals surface area contributed by atoms with Crippen molar-refractivity contribution in [2.75, 3.05) is 6.54 Å². The van der Waals surface area contributed by atoms with Gasteiger partial charge in [0.1, 0.15) is 16.9 Å². The average molecular weight is 333 g/mol. The first-order chi connectivity index (χ1) is 10.6. The first-order valence-electron chi connectivity index (χ1n) is 6.22. The van der Waals surface area contributed by atoms with E-state index in [1.165, 1.54) is 11.3 Å². The van der Waals surface area contributed by atoms with Crippen molar-refractivity contribution in [3.05, 3.63) is 29.1 Å². The summed E-state index contributed by atoms with van der Waals surface area (Å²) < 4.78 is 0. The Balaban J connectivity index is 1.85. The second kappa shape index (κ2) is 6.03. The predicted molar refractivity (Wildman–Crippen MR) is 87.8 cm³/mol. The number of carbonyl (C=O) groups is 1. The standard InChI is InChI=1S/C12H11N7OS2/c13-11(21)18-16-8(20)5-14-12-19-17-9-6-3-1-2-4-7(6)15-10(9)22-12/h1-4,15H,5H2,(H,16,20)(H3,13,18,21). The number of rotatable bonds is 2. The number of nitrogens with zero attached hydrogens (tertiary/aromatic N) is 3. The average Bonchev–Trinajstić information content (AvgIpc) is 2.88. The number of hydrogen-bond donors (Lipinski definition) is 4. The van der Waals surface area contributed by atoms with Gasteiger partial charge in [-0.3, -0.25) is 15.6 Å². The van der Waals surface area contributed by atoms with E-state index < -0.39 is 0 Å². The predicted octanol–water partition coefficient (Wildman–Crippen LogP) is -0.0623. The van der Waals surface area contributed by atoms with Crippen LogP contribution in [0.5, 0.6) is 0 Å². The molecule has 3 rings (SSSR count). The molecule has 10 heteroatoms. The summed E-state index contributed by atoms with van der Waals surface area (Å²) in [4.78, 5) is 20.1. The van der Waals surface area contributed by atoms with Gasteiger partial charge in [-0.05, 0) is 18.3 Å². The first-order valence-corrected chi connectivity index (χ1v) is 7.45. The molecular formula is C12H11N7OS2. The molecule has 0 saturated carbocycles. The van der Waals surface area contributed by atoms with Gasteiger partial charge in [-0.25, -0.2) is 4.99 Å². The molecule has 8 nitrogen and oxygen atoms in total. The number of benzene rings is 1. The van der Waals surface area contributed by atoms with E-state index in [1.807, 2.05) is 24.3 Å². The zero-order valence-corrected chi connectivity index (χ0v) is 12.8. The Morgan fingerprint density at radius 3 is 3.00 bits per heavy atom. The van der Waals surface area contributed by atoms with Crippen LogP contribution in [0.1, 0.15) is 0 Å². The molecule has 0 unspecified atom stereocenters. The Bertz CT molecular complexity index is 930.